The van der Waals surface area contributed by atoms with Crippen molar-refractivity contribution < 1.29 is 18.3 Å². The van der Waals surface area contributed by atoms with E-state index >= 15 is 0 Å². The van der Waals surface area contributed by atoms with Crippen LogP contribution in [0.3, 0.4) is 0 Å². The molecule has 0 spiro atoms. The lowest BCUT2D eigenvalue weighted by Gasteiger charge is -1.88. The largest absolute Gasteiger partial charge is 0.457 e. The highest BCUT2D eigenvalue weighted by atomic mass is 19.3. The van der Waals surface area contributed by atoms with Gasteiger partial charge in [0.1, 0.15) is 0 Å². The van der Waals surface area contributed by atoms with E-state index < -0.39 is 6.08 Å². The van der Waals surface area contributed by atoms with E-state index in [1.165, 1.54) is 0 Å². The van der Waals surface area contributed by atoms with Crippen molar-refractivity contribution in [2.75, 3.05) is 6.61 Å². The molecule has 0 aromatic heterocycles. The summed E-state index contributed by atoms with van der Waals surface area (Å²) < 4.78 is 26.3. The molecule has 0 atom stereocenters. The van der Waals surface area contributed by atoms with Crippen molar-refractivity contribution in [2.24, 2.45) is 0 Å². The third-order valence-corrected chi connectivity index (χ3v) is 0.577. The molecule has 0 aliphatic carbocycles. The van der Waals surface area contributed by atoms with Gasteiger partial charge in [0, 0.05) is 6.42 Å². The summed E-state index contributed by atoms with van der Waals surface area (Å²) in [6.07, 6.45) is -1.04. The van der Waals surface area contributed by atoms with Gasteiger partial charge in [0.25, 0.3) is 6.08 Å². The highest BCUT2D eigenvalue weighted by Crippen LogP contribution is 1.97. The van der Waals surface area contributed by atoms with Gasteiger partial charge in [0.2, 0.25) is 0 Å². The Morgan fingerprint density at radius 3 is 2.78 bits per heavy atom. The quantitative estimate of drug-likeness (QED) is 0.542. The first-order chi connectivity index (χ1) is 4.27. The Morgan fingerprint density at radius 2 is 2.33 bits per heavy atom. The summed E-state index contributed by atoms with van der Waals surface area (Å²) in [5, 5.41) is 0. The van der Waals surface area contributed by atoms with Crippen LogP contribution in [0.15, 0.2) is 12.2 Å². The molecule has 0 aliphatic rings. The maximum Gasteiger partial charge on any atom is 0.417 e. The molecule has 0 rings (SSSR count). The standard InChI is InChI=1S/C5H5F2O2/c6-5(7)2-1-3-9-4-8/h2H,1,3H2. The molecule has 0 saturated heterocycles. The van der Waals surface area contributed by atoms with Crippen LogP contribution in [0, 0.1) is 0 Å². The van der Waals surface area contributed by atoms with Crippen molar-refractivity contribution in [3.63, 3.8) is 0 Å². The van der Waals surface area contributed by atoms with E-state index in [4.69, 9.17) is 0 Å². The van der Waals surface area contributed by atoms with Crippen molar-refractivity contribution in [3.05, 3.63) is 12.2 Å². The zero-order valence-electron chi connectivity index (χ0n) is 4.56. The van der Waals surface area contributed by atoms with Gasteiger partial charge >= 0.3 is 6.47 Å². The van der Waals surface area contributed by atoms with Gasteiger partial charge in [0.15, 0.2) is 0 Å². The molecule has 1 radical (unpaired) electrons. The molecule has 0 N–H and O–H groups in total. The van der Waals surface area contributed by atoms with Crippen LogP contribution >= 0.6 is 0 Å². The van der Waals surface area contributed by atoms with Crippen LogP contribution in [0.25, 0.3) is 0 Å². The molecule has 0 fully saturated rings. The lowest BCUT2D eigenvalue weighted by molar-refractivity contribution is 0.281. The van der Waals surface area contributed by atoms with Gasteiger partial charge < -0.3 is 4.74 Å². The Morgan fingerprint density at radius 1 is 1.67 bits per heavy atom. The third kappa shape index (κ3) is 7.07. The van der Waals surface area contributed by atoms with Crippen LogP contribution in [0.4, 0.5) is 8.78 Å². The first-order valence-corrected chi connectivity index (χ1v) is 2.27. The Kier molecular flexibility index (Phi) is 4.67. The summed E-state index contributed by atoms with van der Waals surface area (Å²) >= 11 is 0. The van der Waals surface area contributed by atoms with Gasteiger partial charge in [-0.2, -0.15) is 8.78 Å². The van der Waals surface area contributed by atoms with E-state index in [9.17, 15) is 13.6 Å². The molecular formula is C5H5F2O2. The summed E-state index contributed by atoms with van der Waals surface area (Å²) in [5.41, 5.74) is 0. The summed E-state index contributed by atoms with van der Waals surface area (Å²) in [6, 6.07) is 0. The Bertz CT molecular complexity index is 108. The van der Waals surface area contributed by atoms with E-state index in [0.29, 0.717) is 6.08 Å². The molecule has 51 valence electrons. The molecule has 0 aromatic rings. The second-order valence-corrected chi connectivity index (χ2v) is 1.21. The average molecular weight is 135 g/mol. The number of rotatable bonds is 4. The lowest BCUT2D eigenvalue weighted by atomic mass is 10.4. The van der Waals surface area contributed by atoms with Gasteiger partial charge in [0.05, 0.1) is 6.61 Å². The molecule has 9 heavy (non-hydrogen) atoms. The molecule has 0 heterocycles. The molecule has 2 nitrogen and oxygen atoms in total. The van der Waals surface area contributed by atoms with Crippen molar-refractivity contribution in [3.8, 4) is 0 Å². The normalized spacial score (nSPS) is 8.22. The molecule has 0 bridgehead atoms. The topological polar surface area (TPSA) is 26.3 Å². The summed E-state index contributed by atoms with van der Waals surface area (Å²) in [7, 11) is 0. The van der Waals surface area contributed by atoms with E-state index in [1.54, 1.807) is 0 Å². The molecular weight excluding hydrogens is 130 g/mol. The predicted octanol–water partition coefficient (Wildman–Crippen LogP) is 1.24. The number of halogens is 2. The zero-order chi connectivity index (χ0) is 7.11. The van der Waals surface area contributed by atoms with E-state index in [1.807, 2.05) is 0 Å². The van der Waals surface area contributed by atoms with Gasteiger partial charge in [-0.3, -0.25) is 0 Å². The maximum absolute atomic E-state index is 11.2. The molecule has 0 aliphatic heterocycles. The van der Waals surface area contributed by atoms with Crippen LogP contribution in [0.5, 0.6) is 0 Å². The van der Waals surface area contributed by atoms with E-state index in [-0.39, 0.29) is 13.0 Å². The first-order valence-electron chi connectivity index (χ1n) is 2.27. The van der Waals surface area contributed by atoms with Gasteiger partial charge in [-0.25, -0.2) is 4.79 Å². The maximum atomic E-state index is 11.2. The summed E-state index contributed by atoms with van der Waals surface area (Å²) in [6.45, 7) is 1.08. The highest BCUT2D eigenvalue weighted by Gasteiger charge is 1.87. The molecule has 0 amide bonds. The minimum atomic E-state index is -1.76. The zero-order valence-corrected chi connectivity index (χ0v) is 4.56. The van der Waals surface area contributed by atoms with Gasteiger partial charge in [-0.1, -0.05) is 0 Å². The lowest BCUT2D eigenvalue weighted by Crippen LogP contribution is -1.88. The van der Waals surface area contributed by atoms with Crippen LogP contribution in [0.1, 0.15) is 6.42 Å². The minimum Gasteiger partial charge on any atom is -0.457 e. The number of hydrogen-bond donors (Lipinski definition) is 0. The number of hydrogen-bond acceptors (Lipinski definition) is 2. The minimum absolute atomic E-state index is 0.0393. The fourth-order valence-corrected chi connectivity index (χ4v) is 0.269. The molecule has 0 unspecified atom stereocenters. The van der Waals surface area contributed by atoms with Crippen LogP contribution < -0.4 is 0 Å². The smallest absolute Gasteiger partial charge is 0.417 e. The fourth-order valence-electron chi connectivity index (χ4n) is 0.269. The number of ether oxygens (including phenoxy) is 1. The Labute approximate surface area is 51.1 Å². The second-order valence-electron chi connectivity index (χ2n) is 1.21. The fraction of sp³-hybridized carbons (Fsp3) is 0.400. The highest BCUT2D eigenvalue weighted by molar-refractivity contribution is 5.38. The monoisotopic (exact) mass is 135 g/mol. The molecule has 0 aromatic carbocycles. The molecule has 4 heteroatoms. The molecule has 0 saturated carbocycles. The van der Waals surface area contributed by atoms with Crippen molar-refractivity contribution in [1.29, 1.82) is 0 Å². The van der Waals surface area contributed by atoms with E-state index in [2.05, 4.69) is 4.74 Å². The third-order valence-electron chi connectivity index (χ3n) is 0.577. The van der Waals surface area contributed by atoms with Gasteiger partial charge in [-0.15, -0.1) is 0 Å². The van der Waals surface area contributed by atoms with Crippen molar-refractivity contribution in [1.82, 2.24) is 0 Å². The van der Waals surface area contributed by atoms with Crippen molar-refractivity contribution in [2.45, 2.75) is 6.42 Å². The average Bonchev–Trinajstić information content (AvgIpc) is 1.80. The van der Waals surface area contributed by atoms with Crippen molar-refractivity contribution >= 4 is 6.47 Å². The van der Waals surface area contributed by atoms with Crippen LogP contribution in [-0.4, -0.2) is 13.1 Å². The predicted molar refractivity (Wildman–Crippen MR) is 26.6 cm³/mol. The number of carbonyl (C=O) groups excluding carboxylic acids is 1. The Balaban J connectivity index is 3.09. The van der Waals surface area contributed by atoms with Gasteiger partial charge in [-0.05, 0) is 6.08 Å². The first kappa shape index (κ1) is 8.07. The van der Waals surface area contributed by atoms with Crippen LogP contribution in [-0.2, 0) is 9.53 Å². The summed E-state index contributed by atoms with van der Waals surface area (Å²) in [5.74, 6) is 0. The summed E-state index contributed by atoms with van der Waals surface area (Å²) in [4.78, 5) is 9.29. The van der Waals surface area contributed by atoms with E-state index in [0.717, 1.165) is 6.47 Å². The Hall–Kier alpha value is -0.930. The van der Waals surface area contributed by atoms with Crippen LogP contribution in [0.2, 0.25) is 0 Å². The second kappa shape index (κ2) is 5.21. The SMILES string of the molecule is O=[C]OCCC=C(F)F.